The molecule has 2 rings (SSSR count). The molecule has 1 aliphatic heterocycles. The molecule has 1 aromatic carbocycles. The van der Waals surface area contributed by atoms with Crippen LogP contribution in [0.1, 0.15) is 18.9 Å². The van der Waals surface area contributed by atoms with Crippen LogP contribution >= 0.6 is 0 Å². The summed E-state index contributed by atoms with van der Waals surface area (Å²) in [7, 11) is 1.84. The van der Waals surface area contributed by atoms with E-state index in [1.165, 1.54) is 4.90 Å². The molecule has 4 nitrogen and oxygen atoms in total. The largest absolute Gasteiger partial charge is 0.396 e. The quantitative estimate of drug-likeness (QED) is 0.900. The second-order valence-electron chi connectivity index (χ2n) is 6.25. The van der Waals surface area contributed by atoms with Crippen molar-refractivity contribution in [2.24, 2.45) is 5.92 Å². The van der Waals surface area contributed by atoms with Crippen LogP contribution in [0.15, 0.2) is 30.3 Å². The first-order valence-corrected chi connectivity index (χ1v) is 7.87. The number of hydrogen-bond acceptors (Lipinski definition) is 3. The maximum Gasteiger partial charge on any atom is 0.256 e. The number of carbonyl (C=O) groups excluding carboxylic acids is 1. The van der Waals surface area contributed by atoms with Crippen LogP contribution in [0.3, 0.4) is 0 Å². The maximum atomic E-state index is 13.6. The molecule has 1 amide bonds. The summed E-state index contributed by atoms with van der Waals surface area (Å²) >= 11 is 0. The smallest absolute Gasteiger partial charge is 0.256 e. The molecule has 1 N–H and O–H groups in total. The first-order chi connectivity index (χ1) is 10.8. The SMILES string of the molecule is C[C@@H](C(=O)N1CCC(F)(F)[C@H](CO)C1)N(C)Cc1ccccc1. The number of carbonyl (C=O) groups is 1. The molecule has 0 spiro atoms. The molecule has 1 fully saturated rings. The van der Waals surface area contributed by atoms with Crippen molar-refractivity contribution in [1.29, 1.82) is 0 Å². The van der Waals surface area contributed by atoms with Crippen molar-refractivity contribution < 1.29 is 18.7 Å². The molecule has 0 saturated carbocycles. The fourth-order valence-electron chi connectivity index (χ4n) is 2.83. The lowest BCUT2D eigenvalue weighted by Gasteiger charge is -2.39. The molecule has 0 aromatic heterocycles. The van der Waals surface area contributed by atoms with Gasteiger partial charge < -0.3 is 10.0 Å². The number of halogens is 2. The highest BCUT2D eigenvalue weighted by molar-refractivity contribution is 5.81. The zero-order chi connectivity index (χ0) is 17.0. The number of benzene rings is 1. The Bertz CT molecular complexity index is 525. The van der Waals surface area contributed by atoms with Crippen molar-refractivity contribution in [2.45, 2.75) is 31.9 Å². The second kappa shape index (κ2) is 7.36. The molecule has 1 aromatic rings. The average molecular weight is 326 g/mol. The molecule has 1 aliphatic rings. The summed E-state index contributed by atoms with van der Waals surface area (Å²) in [4.78, 5) is 15.9. The normalized spacial score (nSPS) is 22.2. The van der Waals surface area contributed by atoms with Crippen molar-refractivity contribution in [3.63, 3.8) is 0 Å². The van der Waals surface area contributed by atoms with Gasteiger partial charge in [-0.2, -0.15) is 0 Å². The van der Waals surface area contributed by atoms with Gasteiger partial charge in [0.1, 0.15) is 0 Å². The number of nitrogens with zero attached hydrogens (tertiary/aromatic N) is 2. The van der Waals surface area contributed by atoms with E-state index in [-0.39, 0.29) is 25.4 Å². The van der Waals surface area contributed by atoms with Crippen molar-refractivity contribution in [1.82, 2.24) is 9.80 Å². The second-order valence-corrected chi connectivity index (χ2v) is 6.25. The van der Waals surface area contributed by atoms with Crippen molar-refractivity contribution in [3.8, 4) is 0 Å². The van der Waals surface area contributed by atoms with E-state index in [9.17, 15) is 13.6 Å². The van der Waals surface area contributed by atoms with Crippen LogP contribution in [0.5, 0.6) is 0 Å². The molecule has 128 valence electrons. The molecule has 1 heterocycles. The zero-order valence-electron chi connectivity index (χ0n) is 13.6. The number of amides is 1. The summed E-state index contributed by atoms with van der Waals surface area (Å²) in [6.07, 6.45) is -0.390. The van der Waals surface area contributed by atoms with Crippen LogP contribution < -0.4 is 0 Å². The van der Waals surface area contributed by atoms with Gasteiger partial charge in [-0.3, -0.25) is 9.69 Å². The predicted octanol–water partition coefficient (Wildman–Crippen LogP) is 1.98. The average Bonchev–Trinajstić information content (AvgIpc) is 2.54. The van der Waals surface area contributed by atoms with Gasteiger partial charge in [0.2, 0.25) is 5.91 Å². The summed E-state index contributed by atoms with van der Waals surface area (Å²) in [6.45, 7) is 1.73. The number of hydrogen-bond donors (Lipinski definition) is 1. The Morgan fingerprint density at radius 3 is 2.70 bits per heavy atom. The molecule has 23 heavy (non-hydrogen) atoms. The van der Waals surface area contributed by atoms with Gasteiger partial charge in [0.25, 0.3) is 5.92 Å². The monoisotopic (exact) mass is 326 g/mol. The molecule has 1 saturated heterocycles. The summed E-state index contributed by atoms with van der Waals surface area (Å²) in [5, 5.41) is 9.14. The van der Waals surface area contributed by atoms with Crippen molar-refractivity contribution >= 4 is 5.91 Å². The number of aliphatic hydroxyl groups excluding tert-OH is 1. The minimum atomic E-state index is -2.90. The maximum absolute atomic E-state index is 13.6. The van der Waals surface area contributed by atoms with E-state index in [0.717, 1.165) is 5.56 Å². The van der Waals surface area contributed by atoms with Crippen molar-refractivity contribution in [3.05, 3.63) is 35.9 Å². The molecule has 6 heteroatoms. The predicted molar refractivity (Wildman–Crippen MR) is 84.1 cm³/mol. The number of rotatable bonds is 5. The highest BCUT2D eigenvalue weighted by Crippen LogP contribution is 2.33. The Hall–Kier alpha value is -1.53. The topological polar surface area (TPSA) is 43.8 Å². The molecular weight excluding hydrogens is 302 g/mol. The van der Waals surface area contributed by atoms with Gasteiger partial charge in [0, 0.05) is 26.1 Å². The van der Waals surface area contributed by atoms with Gasteiger partial charge in [-0.15, -0.1) is 0 Å². The summed E-state index contributed by atoms with van der Waals surface area (Å²) in [5.74, 6) is -4.24. The number of likely N-dealkylation sites (tertiary alicyclic amines) is 1. The van der Waals surface area contributed by atoms with E-state index in [1.54, 1.807) is 6.92 Å². The van der Waals surface area contributed by atoms with Gasteiger partial charge >= 0.3 is 0 Å². The Morgan fingerprint density at radius 1 is 1.43 bits per heavy atom. The third-order valence-electron chi connectivity index (χ3n) is 4.58. The van der Waals surface area contributed by atoms with Gasteiger partial charge in [-0.05, 0) is 19.5 Å². The van der Waals surface area contributed by atoms with Crippen LogP contribution in [-0.2, 0) is 11.3 Å². The fourth-order valence-corrected chi connectivity index (χ4v) is 2.83. The lowest BCUT2D eigenvalue weighted by atomic mass is 9.94. The van der Waals surface area contributed by atoms with E-state index in [2.05, 4.69) is 0 Å². The minimum absolute atomic E-state index is 0.0336. The highest BCUT2D eigenvalue weighted by atomic mass is 19.3. The van der Waals surface area contributed by atoms with Crippen LogP contribution in [0.4, 0.5) is 8.78 Å². The molecule has 2 atom stereocenters. The van der Waals surface area contributed by atoms with E-state index in [1.807, 2.05) is 42.3 Å². The van der Waals surface area contributed by atoms with E-state index < -0.39 is 24.5 Å². The molecule has 0 bridgehead atoms. The minimum Gasteiger partial charge on any atom is -0.396 e. The summed E-state index contributed by atoms with van der Waals surface area (Å²) < 4.78 is 27.3. The summed E-state index contributed by atoms with van der Waals surface area (Å²) in [6, 6.07) is 9.37. The third-order valence-corrected chi connectivity index (χ3v) is 4.58. The lowest BCUT2D eigenvalue weighted by Crippen LogP contribution is -2.54. The van der Waals surface area contributed by atoms with E-state index in [0.29, 0.717) is 6.54 Å². The first kappa shape index (κ1) is 17.8. The number of alkyl halides is 2. The molecule has 0 aliphatic carbocycles. The van der Waals surface area contributed by atoms with Gasteiger partial charge in [0.05, 0.1) is 18.6 Å². The van der Waals surface area contributed by atoms with Gasteiger partial charge in [0.15, 0.2) is 0 Å². The van der Waals surface area contributed by atoms with Crippen LogP contribution in [0, 0.1) is 5.92 Å². The Kier molecular flexibility index (Phi) is 5.70. The molecule has 0 radical (unpaired) electrons. The van der Waals surface area contributed by atoms with E-state index in [4.69, 9.17) is 5.11 Å². The van der Waals surface area contributed by atoms with Crippen LogP contribution in [0.2, 0.25) is 0 Å². The van der Waals surface area contributed by atoms with Gasteiger partial charge in [-0.25, -0.2) is 8.78 Å². The Labute approximate surface area is 135 Å². The lowest BCUT2D eigenvalue weighted by molar-refractivity contribution is -0.153. The number of likely N-dealkylation sites (N-methyl/N-ethyl adjacent to an activating group) is 1. The first-order valence-electron chi connectivity index (χ1n) is 7.87. The number of aliphatic hydroxyl groups is 1. The van der Waals surface area contributed by atoms with Crippen LogP contribution in [0.25, 0.3) is 0 Å². The number of piperidine rings is 1. The third kappa shape index (κ3) is 4.26. The highest BCUT2D eigenvalue weighted by Gasteiger charge is 2.45. The standard InChI is InChI=1S/C17H24F2N2O2/c1-13(20(2)10-14-6-4-3-5-7-14)16(23)21-9-8-17(18,19)15(11-21)12-22/h3-7,13,15,22H,8-12H2,1-2H3/t13-,15-/m0/s1. The van der Waals surface area contributed by atoms with Gasteiger partial charge in [-0.1, -0.05) is 30.3 Å². The Balaban J connectivity index is 1.96. The zero-order valence-corrected chi connectivity index (χ0v) is 13.6. The molecular formula is C17H24F2N2O2. The molecule has 0 unspecified atom stereocenters. The van der Waals surface area contributed by atoms with E-state index >= 15 is 0 Å². The van der Waals surface area contributed by atoms with Crippen LogP contribution in [-0.4, -0.2) is 59.5 Å². The fraction of sp³-hybridized carbons (Fsp3) is 0.588. The van der Waals surface area contributed by atoms with Crippen molar-refractivity contribution in [2.75, 3.05) is 26.7 Å². The summed E-state index contributed by atoms with van der Waals surface area (Å²) in [5.41, 5.74) is 1.09. The Morgan fingerprint density at radius 2 is 2.09 bits per heavy atom.